The molecule has 0 aromatic heterocycles. The first-order chi connectivity index (χ1) is 7.00. The van der Waals surface area contributed by atoms with Gasteiger partial charge in [0.1, 0.15) is 0 Å². The van der Waals surface area contributed by atoms with Gasteiger partial charge >= 0.3 is 11.9 Å². The Kier molecular flexibility index (Phi) is 3.07. The monoisotopic (exact) mass is 207 g/mol. The van der Waals surface area contributed by atoms with Crippen molar-refractivity contribution < 1.29 is 19.8 Å². The summed E-state index contributed by atoms with van der Waals surface area (Å²) in [4.78, 5) is 20.8. The summed E-state index contributed by atoms with van der Waals surface area (Å²) >= 11 is 0. The molecule has 1 aromatic carbocycles. The van der Waals surface area contributed by atoms with Crippen LogP contribution in [-0.4, -0.2) is 22.2 Å². The Morgan fingerprint density at radius 1 is 1.27 bits per heavy atom. The Morgan fingerprint density at radius 2 is 1.93 bits per heavy atom. The zero-order chi connectivity index (χ0) is 11.4. The average Bonchev–Trinajstić information content (AvgIpc) is 2.14. The molecule has 1 aromatic rings. The molecule has 0 spiro atoms. The molecule has 78 valence electrons. The fraction of sp³-hybridized carbons (Fsp3) is 0. The van der Waals surface area contributed by atoms with Crippen LogP contribution in [0.2, 0.25) is 0 Å². The van der Waals surface area contributed by atoms with Crippen molar-refractivity contribution in [1.82, 2.24) is 0 Å². The van der Waals surface area contributed by atoms with Crippen LogP contribution < -0.4 is 5.73 Å². The number of nitrogen functional groups attached to an aromatic ring is 1. The lowest BCUT2D eigenvalue weighted by molar-refractivity contribution is -0.131. The summed E-state index contributed by atoms with van der Waals surface area (Å²) in [6, 6.07) is 4.22. The number of aromatic carboxylic acids is 1. The van der Waals surface area contributed by atoms with Crippen LogP contribution in [0.4, 0.5) is 5.69 Å². The number of benzene rings is 1. The van der Waals surface area contributed by atoms with Gasteiger partial charge in [-0.25, -0.2) is 9.59 Å². The largest absolute Gasteiger partial charge is 0.478 e. The number of nitrogens with two attached hydrogens (primary N) is 1. The van der Waals surface area contributed by atoms with Gasteiger partial charge in [0.05, 0.1) is 5.56 Å². The van der Waals surface area contributed by atoms with Crippen molar-refractivity contribution in [1.29, 1.82) is 0 Å². The third-order valence-electron chi connectivity index (χ3n) is 1.72. The fourth-order valence-electron chi connectivity index (χ4n) is 1.05. The molecule has 0 aliphatic heterocycles. The highest BCUT2D eigenvalue weighted by Crippen LogP contribution is 2.15. The van der Waals surface area contributed by atoms with Crippen molar-refractivity contribution in [2.75, 3.05) is 5.73 Å². The highest BCUT2D eigenvalue weighted by Gasteiger charge is 2.06. The lowest BCUT2D eigenvalue weighted by Gasteiger charge is -2.01. The first-order valence-corrected chi connectivity index (χ1v) is 4.04. The Labute approximate surface area is 85.5 Å². The second-order valence-corrected chi connectivity index (χ2v) is 2.82. The van der Waals surface area contributed by atoms with E-state index in [0.29, 0.717) is 5.56 Å². The molecule has 0 unspecified atom stereocenters. The van der Waals surface area contributed by atoms with Crippen LogP contribution in [0, 0.1) is 0 Å². The van der Waals surface area contributed by atoms with Crippen LogP contribution in [0.25, 0.3) is 6.08 Å². The lowest BCUT2D eigenvalue weighted by Crippen LogP contribution is -2.02. The van der Waals surface area contributed by atoms with Gasteiger partial charge in [-0.2, -0.15) is 0 Å². The van der Waals surface area contributed by atoms with Crippen molar-refractivity contribution in [3.05, 3.63) is 35.4 Å². The second-order valence-electron chi connectivity index (χ2n) is 2.82. The van der Waals surface area contributed by atoms with Gasteiger partial charge in [-0.15, -0.1) is 0 Å². The predicted octanol–water partition coefficient (Wildman–Crippen LogP) is 1.06. The number of carboxylic acids is 2. The van der Waals surface area contributed by atoms with Gasteiger partial charge in [-0.05, 0) is 23.8 Å². The van der Waals surface area contributed by atoms with Gasteiger partial charge < -0.3 is 15.9 Å². The summed E-state index contributed by atoms with van der Waals surface area (Å²) in [6.45, 7) is 0. The number of aliphatic carboxylic acids is 1. The van der Waals surface area contributed by atoms with E-state index in [0.717, 1.165) is 6.08 Å². The third kappa shape index (κ3) is 2.84. The lowest BCUT2D eigenvalue weighted by atomic mass is 10.1. The SMILES string of the molecule is Nc1cc(C=CC(=O)O)ccc1C(=O)O. The maximum atomic E-state index is 10.6. The Balaban J connectivity index is 3.01. The van der Waals surface area contributed by atoms with E-state index in [4.69, 9.17) is 15.9 Å². The van der Waals surface area contributed by atoms with E-state index in [-0.39, 0.29) is 11.3 Å². The van der Waals surface area contributed by atoms with Crippen molar-refractivity contribution in [3.8, 4) is 0 Å². The summed E-state index contributed by atoms with van der Waals surface area (Å²) in [5.74, 6) is -2.18. The number of hydrogen-bond acceptors (Lipinski definition) is 3. The van der Waals surface area contributed by atoms with E-state index in [9.17, 15) is 9.59 Å². The minimum Gasteiger partial charge on any atom is -0.478 e. The number of hydrogen-bond donors (Lipinski definition) is 3. The smallest absolute Gasteiger partial charge is 0.337 e. The Hall–Kier alpha value is -2.30. The van der Waals surface area contributed by atoms with Gasteiger partial charge in [0.25, 0.3) is 0 Å². The van der Waals surface area contributed by atoms with E-state index in [1.807, 2.05) is 0 Å². The van der Waals surface area contributed by atoms with Crippen molar-refractivity contribution in [3.63, 3.8) is 0 Å². The average molecular weight is 207 g/mol. The second kappa shape index (κ2) is 4.28. The zero-order valence-electron chi connectivity index (χ0n) is 7.68. The molecule has 15 heavy (non-hydrogen) atoms. The highest BCUT2D eigenvalue weighted by atomic mass is 16.4. The number of carboxylic acid groups (broad SMARTS) is 2. The number of anilines is 1. The van der Waals surface area contributed by atoms with Crippen LogP contribution in [0.1, 0.15) is 15.9 Å². The van der Waals surface area contributed by atoms with E-state index in [2.05, 4.69) is 0 Å². The molecular formula is C10H9NO4. The fourth-order valence-corrected chi connectivity index (χ4v) is 1.05. The maximum absolute atomic E-state index is 10.6. The molecule has 0 saturated carbocycles. The molecule has 0 amide bonds. The molecule has 0 heterocycles. The standard InChI is InChI=1S/C10H9NO4/c11-8-5-6(2-4-9(12)13)1-3-7(8)10(14)15/h1-5H,11H2,(H,12,13)(H,14,15). The number of carbonyl (C=O) groups is 2. The first kappa shape index (κ1) is 10.8. The van der Waals surface area contributed by atoms with E-state index >= 15 is 0 Å². The predicted molar refractivity (Wildman–Crippen MR) is 54.5 cm³/mol. The summed E-state index contributed by atoms with van der Waals surface area (Å²) < 4.78 is 0. The molecule has 4 N–H and O–H groups in total. The molecule has 5 heteroatoms. The quantitative estimate of drug-likeness (QED) is 0.508. The topological polar surface area (TPSA) is 101 Å². The molecule has 0 bridgehead atoms. The van der Waals surface area contributed by atoms with Crippen molar-refractivity contribution >= 4 is 23.7 Å². The van der Waals surface area contributed by atoms with Crippen molar-refractivity contribution in [2.24, 2.45) is 0 Å². The van der Waals surface area contributed by atoms with E-state index in [1.54, 1.807) is 0 Å². The molecule has 0 aliphatic rings. The summed E-state index contributed by atoms with van der Waals surface area (Å²) in [6.07, 6.45) is 2.29. The third-order valence-corrected chi connectivity index (χ3v) is 1.72. The van der Waals surface area contributed by atoms with Crippen LogP contribution in [0.15, 0.2) is 24.3 Å². The molecule has 0 atom stereocenters. The Bertz CT molecular complexity index is 437. The van der Waals surface area contributed by atoms with E-state index < -0.39 is 11.9 Å². The van der Waals surface area contributed by atoms with Crippen LogP contribution in [0.5, 0.6) is 0 Å². The molecule has 5 nitrogen and oxygen atoms in total. The normalized spacial score (nSPS) is 10.4. The highest BCUT2D eigenvalue weighted by molar-refractivity contribution is 5.94. The van der Waals surface area contributed by atoms with E-state index in [1.165, 1.54) is 24.3 Å². The van der Waals surface area contributed by atoms with Gasteiger partial charge in [-0.1, -0.05) is 6.07 Å². The van der Waals surface area contributed by atoms with Crippen LogP contribution in [0.3, 0.4) is 0 Å². The zero-order valence-corrected chi connectivity index (χ0v) is 7.68. The minimum atomic E-state index is -1.11. The van der Waals surface area contributed by atoms with Gasteiger partial charge in [0, 0.05) is 11.8 Å². The first-order valence-electron chi connectivity index (χ1n) is 4.04. The Morgan fingerprint density at radius 3 is 2.40 bits per heavy atom. The summed E-state index contributed by atoms with van der Waals surface area (Å²) in [5.41, 5.74) is 6.12. The van der Waals surface area contributed by atoms with Crippen LogP contribution in [-0.2, 0) is 4.79 Å². The maximum Gasteiger partial charge on any atom is 0.337 e. The minimum absolute atomic E-state index is 0.00229. The molecule has 0 radical (unpaired) electrons. The molecule has 0 fully saturated rings. The number of rotatable bonds is 3. The molecule has 1 rings (SSSR count). The molecule has 0 saturated heterocycles. The van der Waals surface area contributed by atoms with Crippen LogP contribution >= 0.6 is 0 Å². The summed E-state index contributed by atoms with van der Waals surface area (Å²) in [7, 11) is 0. The molecular weight excluding hydrogens is 198 g/mol. The van der Waals surface area contributed by atoms with Gasteiger partial charge in [0.15, 0.2) is 0 Å². The summed E-state index contributed by atoms with van der Waals surface area (Å²) in [5, 5.41) is 17.1. The molecule has 0 aliphatic carbocycles. The van der Waals surface area contributed by atoms with Gasteiger partial charge in [0.2, 0.25) is 0 Å². The van der Waals surface area contributed by atoms with Gasteiger partial charge in [-0.3, -0.25) is 0 Å². The van der Waals surface area contributed by atoms with Crippen molar-refractivity contribution in [2.45, 2.75) is 0 Å².